The molecule has 0 saturated carbocycles. The Morgan fingerprint density at radius 2 is 2.21 bits per heavy atom. The van der Waals surface area contributed by atoms with E-state index < -0.39 is 0 Å². The van der Waals surface area contributed by atoms with Crippen LogP contribution in [0.3, 0.4) is 0 Å². The van der Waals surface area contributed by atoms with Crippen molar-refractivity contribution in [2.45, 2.75) is 26.3 Å². The number of thiazole rings is 1. The largest absolute Gasteiger partial charge is 0.307 e. The van der Waals surface area contributed by atoms with E-state index in [4.69, 9.17) is 0 Å². The average molecular weight is 343 g/mol. The number of hydrogen-bond donors (Lipinski definition) is 1. The van der Waals surface area contributed by atoms with Crippen molar-refractivity contribution in [3.05, 3.63) is 49.6 Å². The highest BCUT2D eigenvalue weighted by Crippen LogP contribution is 2.31. The molecule has 1 unspecified atom stereocenters. The van der Waals surface area contributed by atoms with Gasteiger partial charge in [-0.1, -0.05) is 22.9 Å². The third-order valence-electron chi connectivity index (χ3n) is 3.05. The average Bonchev–Trinajstić information content (AvgIpc) is 2.75. The number of rotatable bonds is 4. The molecular formula is C14H16BrFN2S. The molecule has 0 radical (unpaired) electrons. The van der Waals surface area contributed by atoms with Gasteiger partial charge in [-0.25, -0.2) is 9.37 Å². The van der Waals surface area contributed by atoms with Gasteiger partial charge in [-0.15, -0.1) is 11.3 Å². The molecule has 0 aliphatic carbocycles. The normalized spacial score (nSPS) is 12.7. The predicted molar refractivity (Wildman–Crippen MR) is 81.2 cm³/mol. The minimum atomic E-state index is -0.214. The molecule has 0 fully saturated rings. The lowest BCUT2D eigenvalue weighted by molar-refractivity contribution is 0.574. The summed E-state index contributed by atoms with van der Waals surface area (Å²) >= 11 is 5.01. The third kappa shape index (κ3) is 3.04. The molecule has 102 valence electrons. The molecule has 5 heteroatoms. The van der Waals surface area contributed by atoms with E-state index in [1.54, 1.807) is 23.5 Å². The molecule has 0 spiro atoms. The molecule has 0 bridgehead atoms. The summed E-state index contributed by atoms with van der Waals surface area (Å²) in [5, 5.41) is 4.07. The minimum Gasteiger partial charge on any atom is -0.307 e. The molecule has 1 N–H and O–H groups in total. The first kappa shape index (κ1) is 14.6. The Morgan fingerprint density at radius 3 is 2.79 bits per heavy atom. The molecule has 0 amide bonds. The van der Waals surface area contributed by atoms with Crippen LogP contribution in [0.5, 0.6) is 0 Å². The summed E-state index contributed by atoms with van der Waals surface area (Å²) < 4.78 is 14.9. The molecule has 1 heterocycles. The van der Waals surface area contributed by atoms with Gasteiger partial charge in [0.2, 0.25) is 0 Å². The van der Waals surface area contributed by atoms with Crippen LogP contribution in [0.4, 0.5) is 4.39 Å². The second-order valence-corrected chi connectivity index (χ2v) is 6.45. The number of nitrogens with zero attached hydrogens (tertiary/aromatic N) is 1. The zero-order chi connectivity index (χ0) is 14.0. The van der Waals surface area contributed by atoms with Crippen LogP contribution in [0.2, 0.25) is 0 Å². The fourth-order valence-corrected chi connectivity index (χ4v) is 3.57. The second kappa shape index (κ2) is 6.11. The Hall–Kier alpha value is -0.780. The number of aromatic nitrogens is 1. The van der Waals surface area contributed by atoms with Crippen LogP contribution in [0.25, 0.3) is 0 Å². The maximum Gasteiger partial charge on any atom is 0.128 e. The van der Waals surface area contributed by atoms with Gasteiger partial charge in [0.1, 0.15) is 10.8 Å². The van der Waals surface area contributed by atoms with Crippen LogP contribution in [0.15, 0.2) is 22.7 Å². The lowest BCUT2D eigenvalue weighted by atomic mass is 10.1. The van der Waals surface area contributed by atoms with Crippen LogP contribution in [-0.4, -0.2) is 12.0 Å². The highest BCUT2D eigenvalue weighted by atomic mass is 79.9. The molecular weight excluding hydrogens is 327 g/mol. The van der Waals surface area contributed by atoms with Gasteiger partial charge in [-0.3, -0.25) is 0 Å². The molecule has 0 saturated heterocycles. The monoisotopic (exact) mass is 342 g/mol. The van der Waals surface area contributed by atoms with E-state index in [9.17, 15) is 4.39 Å². The van der Waals surface area contributed by atoms with Gasteiger partial charge in [-0.05, 0) is 38.6 Å². The van der Waals surface area contributed by atoms with E-state index in [2.05, 4.69) is 40.1 Å². The van der Waals surface area contributed by atoms with Crippen molar-refractivity contribution in [2.24, 2.45) is 0 Å². The molecule has 2 rings (SSSR count). The lowest BCUT2D eigenvalue weighted by Crippen LogP contribution is -2.19. The fourth-order valence-electron chi connectivity index (χ4n) is 2.05. The molecule has 0 aliphatic rings. The predicted octanol–water partition coefficient (Wildman–Crippen LogP) is 4.22. The summed E-state index contributed by atoms with van der Waals surface area (Å²) in [5.74, 6) is -0.214. The van der Waals surface area contributed by atoms with Crippen molar-refractivity contribution >= 4 is 27.3 Å². The van der Waals surface area contributed by atoms with Gasteiger partial charge in [-0.2, -0.15) is 0 Å². The smallest absolute Gasteiger partial charge is 0.128 e. The van der Waals surface area contributed by atoms with Crippen LogP contribution < -0.4 is 5.32 Å². The third-order valence-corrected chi connectivity index (χ3v) is 4.62. The quantitative estimate of drug-likeness (QED) is 0.899. The summed E-state index contributed by atoms with van der Waals surface area (Å²) in [5.41, 5.74) is 1.71. The molecule has 2 nitrogen and oxygen atoms in total. The summed E-state index contributed by atoms with van der Waals surface area (Å²) in [4.78, 5) is 5.82. The summed E-state index contributed by atoms with van der Waals surface area (Å²) in [7, 11) is 1.83. The van der Waals surface area contributed by atoms with Crippen LogP contribution in [0, 0.1) is 12.7 Å². The van der Waals surface area contributed by atoms with Crippen molar-refractivity contribution in [3.63, 3.8) is 0 Å². The second-order valence-electron chi connectivity index (χ2n) is 4.30. The fraction of sp³-hybridized carbons (Fsp3) is 0.357. The van der Waals surface area contributed by atoms with E-state index in [1.165, 1.54) is 10.9 Å². The Bertz CT molecular complexity index is 583. The van der Waals surface area contributed by atoms with Crippen molar-refractivity contribution in [1.82, 2.24) is 10.3 Å². The molecule has 1 aromatic heterocycles. The number of benzene rings is 1. The SMILES string of the molecule is CCc1nc(C(NC)c2cc(Br)ccc2F)sc1C. The zero-order valence-electron chi connectivity index (χ0n) is 11.1. The van der Waals surface area contributed by atoms with E-state index in [-0.39, 0.29) is 11.9 Å². The van der Waals surface area contributed by atoms with Crippen molar-refractivity contribution in [2.75, 3.05) is 7.05 Å². The van der Waals surface area contributed by atoms with E-state index >= 15 is 0 Å². The van der Waals surface area contributed by atoms with Crippen LogP contribution in [-0.2, 0) is 6.42 Å². The van der Waals surface area contributed by atoms with Gasteiger partial charge in [0.25, 0.3) is 0 Å². The highest BCUT2D eigenvalue weighted by Gasteiger charge is 2.21. The summed E-state index contributed by atoms with van der Waals surface area (Å²) in [6, 6.07) is 4.78. The number of nitrogens with one attached hydrogen (secondary N) is 1. The molecule has 1 aromatic carbocycles. The van der Waals surface area contributed by atoms with E-state index in [1.807, 2.05) is 7.05 Å². The Morgan fingerprint density at radius 1 is 1.47 bits per heavy atom. The van der Waals surface area contributed by atoms with Crippen molar-refractivity contribution in [1.29, 1.82) is 0 Å². The van der Waals surface area contributed by atoms with E-state index in [0.717, 1.165) is 21.6 Å². The zero-order valence-corrected chi connectivity index (χ0v) is 13.5. The summed E-state index contributed by atoms with van der Waals surface area (Å²) in [6.07, 6.45) is 0.903. The van der Waals surface area contributed by atoms with Gasteiger partial charge < -0.3 is 5.32 Å². The Balaban J connectivity index is 2.46. The van der Waals surface area contributed by atoms with Crippen LogP contribution >= 0.6 is 27.3 Å². The van der Waals surface area contributed by atoms with Crippen molar-refractivity contribution < 1.29 is 4.39 Å². The number of hydrogen-bond acceptors (Lipinski definition) is 3. The maximum absolute atomic E-state index is 14.0. The Kier molecular flexibility index (Phi) is 4.71. The molecule has 0 aliphatic heterocycles. The minimum absolute atomic E-state index is 0.207. The van der Waals surface area contributed by atoms with Gasteiger partial charge >= 0.3 is 0 Å². The lowest BCUT2D eigenvalue weighted by Gasteiger charge is -2.15. The van der Waals surface area contributed by atoms with Crippen molar-refractivity contribution in [3.8, 4) is 0 Å². The number of halogens is 2. The van der Waals surface area contributed by atoms with Gasteiger partial charge in [0.05, 0.1) is 11.7 Å². The molecule has 1 atom stereocenters. The highest BCUT2D eigenvalue weighted by molar-refractivity contribution is 9.10. The first-order valence-corrected chi connectivity index (χ1v) is 7.76. The van der Waals surface area contributed by atoms with Crippen LogP contribution in [0.1, 0.15) is 34.1 Å². The standard InChI is InChI=1S/C14H16BrFN2S/c1-4-12-8(2)19-14(18-12)13(17-3)10-7-9(15)5-6-11(10)16/h5-7,13,17H,4H2,1-3H3. The van der Waals surface area contributed by atoms with Gasteiger partial charge in [0.15, 0.2) is 0 Å². The topological polar surface area (TPSA) is 24.9 Å². The summed E-state index contributed by atoms with van der Waals surface area (Å²) in [6.45, 7) is 4.14. The van der Waals surface area contributed by atoms with Gasteiger partial charge in [0, 0.05) is 14.9 Å². The molecule has 19 heavy (non-hydrogen) atoms. The first-order valence-electron chi connectivity index (χ1n) is 6.15. The first-order chi connectivity index (χ1) is 9.06. The Labute approximate surface area is 125 Å². The number of aryl methyl sites for hydroxylation is 2. The molecule has 2 aromatic rings. The maximum atomic E-state index is 14.0. The van der Waals surface area contributed by atoms with E-state index in [0.29, 0.717) is 5.56 Å².